The first-order valence-corrected chi connectivity index (χ1v) is 7.99. The van der Waals surface area contributed by atoms with Gasteiger partial charge in [-0.1, -0.05) is 36.4 Å². The van der Waals surface area contributed by atoms with E-state index in [0.717, 1.165) is 5.69 Å². The van der Waals surface area contributed by atoms with Crippen LogP contribution in [0.3, 0.4) is 0 Å². The fourth-order valence-corrected chi connectivity index (χ4v) is 1.99. The second kappa shape index (κ2) is 10.3. The van der Waals surface area contributed by atoms with Crippen molar-refractivity contribution in [3.05, 3.63) is 60.7 Å². The molecule has 8 heteroatoms. The van der Waals surface area contributed by atoms with E-state index in [4.69, 9.17) is 5.11 Å². The van der Waals surface area contributed by atoms with Gasteiger partial charge in [0.1, 0.15) is 24.0 Å². The van der Waals surface area contributed by atoms with Crippen LogP contribution in [-0.2, 0) is 0 Å². The lowest BCUT2D eigenvalue weighted by atomic mass is 10.0. The van der Waals surface area contributed by atoms with Crippen molar-refractivity contribution in [2.75, 3.05) is 17.5 Å². The van der Waals surface area contributed by atoms with Gasteiger partial charge in [0.15, 0.2) is 0 Å². The number of hydrazone groups is 2. The first-order chi connectivity index (χ1) is 12.6. The number of benzene rings is 2. The van der Waals surface area contributed by atoms with Gasteiger partial charge in [0.2, 0.25) is 0 Å². The molecular weight excluding hydrogens is 336 g/mol. The summed E-state index contributed by atoms with van der Waals surface area (Å²) in [6, 6.07) is 18.1. The Morgan fingerprint density at radius 1 is 0.885 bits per heavy atom. The highest BCUT2D eigenvalue weighted by atomic mass is 16.4. The van der Waals surface area contributed by atoms with Gasteiger partial charge in [-0.2, -0.15) is 10.2 Å². The summed E-state index contributed by atoms with van der Waals surface area (Å²) in [7, 11) is 0. The van der Waals surface area contributed by atoms with Crippen molar-refractivity contribution >= 4 is 23.3 Å². The van der Waals surface area contributed by atoms with Gasteiger partial charge >= 0.3 is 0 Å². The van der Waals surface area contributed by atoms with Crippen LogP contribution in [0.25, 0.3) is 0 Å². The van der Waals surface area contributed by atoms with Gasteiger partial charge in [0.05, 0.1) is 24.2 Å². The van der Waals surface area contributed by atoms with E-state index in [1.54, 1.807) is 24.3 Å². The lowest BCUT2D eigenvalue weighted by molar-refractivity contribution is -0.0548. The van der Waals surface area contributed by atoms with E-state index < -0.39 is 24.9 Å². The Labute approximate surface area is 151 Å². The fourth-order valence-electron chi connectivity index (χ4n) is 1.99. The molecule has 0 aliphatic heterocycles. The predicted molar refractivity (Wildman–Crippen MR) is 101 cm³/mol. The van der Waals surface area contributed by atoms with Crippen LogP contribution in [0.5, 0.6) is 0 Å². The highest BCUT2D eigenvalue weighted by Crippen LogP contribution is 2.08. The van der Waals surface area contributed by atoms with Gasteiger partial charge in [-0.15, -0.1) is 0 Å². The molecule has 0 bridgehead atoms. The Hall–Kier alpha value is -2.78. The second-order valence-corrected chi connectivity index (χ2v) is 5.44. The van der Waals surface area contributed by atoms with Crippen LogP contribution in [0.1, 0.15) is 0 Å². The SMILES string of the molecule is OC[C@@H](O)[C@H](O)[C@@H](O)C(/C=N\Nc1ccccc1)=N/Nc1ccccc1. The van der Waals surface area contributed by atoms with Crippen LogP contribution < -0.4 is 10.9 Å². The van der Waals surface area contributed by atoms with E-state index in [1.165, 1.54) is 6.21 Å². The summed E-state index contributed by atoms with van der Waals surface area (Å²) in [5, 5.41) is 46.7. The topological polar surface area (TPSA) is 130 Å². The molecule has 0 aromatic heterocycles. The molecule has 2 aromatic rings. The summed E-state index contributed by atoms with van der Waals surface area (Å²) in [5.74, 6) is 0. The van der Waals surface area contributed by atoms with Crippen LogP contribution in [0.2, 0.25) is 0 Å². The molecule has 0 aliphatic rings. The predicted octanol–water partition coefficient (Wildman–Crippen LogP) is 0.627. The number of nitrogens with one attached hydrogen (secondary N) is 2. The molecular formula is C18H22N4O4. The van der Waals surface area contributed by atoms with Crippen LogP contribution in [0, 0.1) is 0 Å². The van der Waals surface area contributed by atoms with Gasteiger partial charge in [-0.25, -0.2) is 0 Å². The van der Waals surface area contributed by atoms with Crippen LogP contribution in [-0.4, -0.2) is 57.3 Å². The van der Waals surface area contributed by atoms with Gasteiger partial charge in [-0.05, 0) is 24.3 Å². The first-order valence-electron chi connectivity index (χ1n) is 7.99. The highest BCUT2D eigenvalue weighted by Gasteiger charge is 2.27. The van der Waals surface area contributed by atoms with Crippen molar-refractivity contribution in [1.29, 1.82) is 0 Å². The number of hydrogen-bond acceptors (Lipinski definition) is 8. The maximum Gasteiger partial charge on any atom is 0.128 e. The van der Waals surface area contributed by atoms with Crippen molar-refractivity contribution < 1.29 is 20.4 Å². The van der Waals surface area contributed by atoms with Gasteiger partial charge in [-0.3, -0.25) is 10.9 Å². The minimum Gasteiger partial charge on any atom is -0.394 e. The third-order valence-corrected chi connectivity index (χ3v) is 3.46. The van der Waals surface area contributed by atoms with Crippen LogP contribution in [0.4, 0.5) is 11.4 Å². The molecule has 0 unspecified atom stereocenters. The Morgan fingerprint density at radius 3 is 1.96 bits per heavy atom. The maximum absolute atomic E-state index is 10.2. The van der Waals surface area contributed by atoms with Crippen molar-refractivity contribution in [3.8, 4) is 0 Å². The van der Waals surface area contributed by atoms with Crippen molar-refractivity contribution in [2.45, 2.75) is 18.3 Å². The molecule has 0 aliphatic carbocycles. The van der Waals surface area contributed by atoms with E-state index in [9.17, 15) is 15.3 Å². The summed E-state index contributed by atoms with van der Waals surface area (Å²) >= 11 is 0. The van der Waals surface area contributed by atoms with E-state index in [1.807, 2.05) is 36.4 Å². The normalized spacial score (nSPS) is 15.5. The van der Waals surface area contributed by atoms with Crippen molar-refractivity contribution in [2.24, 2.45) is 10.2 Å². The average Bonchev–Trinajstić information content (AvgIpc) is 2.70. The number of hydrogen-bond donors (Lipinski definition) is 6. The number of anilines is 2. The Bertz CT molecular complexity index is 710. The van der Waals surface area contributed by atoms with Crippen molar-refractivity contribution in [3.63, 3.8) is 0 Å². The smallest absolute Gasteiger partial charge is 0.128 e. The van der Waals surface area contributed by atoms with Gasteiger partial charge < -0.3 is 20.4 Å². The summed E-state index contributed by atoms with van der Waals surface area (Å²) in [6.45, 7) is -0.697. The largest absolute Gasteiger partial charge is 0.394 e. The zero-order chi connectivity index (χ0) is 18.8. The molecule has 0 spiro atoms. The molecule has 2 rings (SSSR count). The zero-order valence-electron chi connectivity index (χ0n) is 14.0. The standard InChI is InChI=1S/C18H22N4O4/c23-12-16(24)18(26)17(25)15(22-21-14-9-5-2-6-10-14)11-19-20-13-7-3-1-4-8-13/h1-11,16-18,20-21,23-26H,12H2/b19-11-,22-15+/t16-,17+,18+/m1/s1. The third-order valence-electron chi connectivity index (χ3n) is 3.46. The Morgan fingerprint density at radius 2 is 1.42 bits per heavy atom. The number of nitrogens with zero attached hydrogens (tertiary/aromatic N) is 2. The maximum atomic E-state index is 10.2. The minimum absolute atomic E-state index is 0.0303. The van der Waals surface area contributed by atoms with E-state index in [0.29, 0.717) is 5.69 Å². The summed E-state index contributed by atoms with van der Waals surface area (Å²) in [5.41, 5.74) is 6.87. The molecule has 2 aromatic carbocycles. The minimum atomic E-state index is -1.63. The third kappa shape index (κ3) is 5.94. The highest BCUT2D eigenvalue weighted by molar-refractivity contribution is 6.33. The Kier molecular flexibility index (Phi) is 7.72. The molecule has 0 amide bonds. The number of aliphatic hydroxyl groups is 4. The second-order valence-electron chi connectivity index (χ2n) is 5.44. The molecule has 8 nitrogen and oxygen atoms in total. The monoisotopic (exact) mass is 358 g/mol. The fraction of sp³-hybridized carbons (Fsp3) is 0.222. The molecule has 138 valence electrons. The molecule has 0 fully saturated rings. The molecule has 0 saturated carbocycles. The number of rotatable bonds is 9. The Balaban J connectivity index is 2.14. The molecule has 0 saturated heterocycles. The van der Waals surface area contributed by atoms with E-state index in [2.05, 4.69) is 21.1 Å². The van der Waals surface area contributed by atoms with Crippen LogP contribution >= 0.6 is 0 Å². The summed E-state index contributed by atoms with van der Waals surface area (Å²) in [6.07, 6.45) is -3.47. The van der Waals surface area contributed by atoms with Gasteiger partial charge in [0.25, 0.3) is 0 Å². The van der Waals surface area contributed by atoms with Gasteiger partial charge in [0, 0.05) is 0 Å². The first kappa shape index (κ1) is 19.5. The summed E-state index contributed by atoms with van der Waals surface area (Å²) in [4.78, 5) is 0. The molecule has 26 heavy (non-hydrogen) atoms. The zero-order valence-corrected chi connectivity index (χ0v) is 14.0. The van der Waals surface area contributed by atoms with Crippen LogP contribution in [0.15, 0.2) is 70.9 Å². The quantitative estimate of drug-likeness (QED) is 0.288. The molecule has 6 N–H and O–H groups in total. The number of para-hydroxylation sites is 2. The molecule has 0 radical (unpaired) electrons. The van der Waals surface area contributed by atoms with E-state index >= 15 is 0 Å². The molecule has 0 heterocycles. The lowest BCUT2D eigenvalue weighted by Crippen LogP contribution is -2.44. The lowest BCUT2D eigenvalue weighted by Gasteiger charge is -2.21. The summed E-state index contributed by atoms with van der Waals surface area (Å²) < 4.78 is 0. The van der Waals surface area contributed by atoms with Crippen molar-refractivity contribution in [1.82, 2.24) is 0 Å². The van der Waals surface area contributed by atoms with E-state index in [-0.39, 0.29) is 5.71 Å². The number of aliphatic hydroxyl groups excluding tert-OH is 4. The average molecular weight is 358 g/mol. The molecule has 3 atom stereocenters.